The van der Waals surface area contributed by atoms with E-state index in [1.54, 1.807) is 36.4 Å². The van der Waals surface area contributed by atoms with Crippen LogP contribution in [0.25, 0.3) is 10.8 Å². The van der Waals surface area contributed by atoms with Gasteiger partial charge in [0.15, 0.2) is 10.9 Å². The number of rotatable bonds is 5. The summed E-state index contributed by atoms with van der Waals surface area (Å²) in [4.78, 5) is 24.3. The highest BCUT2D eigenvalue weighted by molar-refractivity contribution is 7.80. The van der Waals surface area contributed by atoms with Gasteiger partial charge in [-0.2, -0.15) is 0 Å². The molecule has 5 nitrogen and oxygen atoms in total. The second kappa shape index (κ2) is 9.83. The minimum atomic E-state index is -1.88. The van der Waals surface area contributed by atoms with Crippen molar-refractivity contribution >= 4 is 80.3 Å². The number of amides is 1. The van der Waals surface area contributed by atoms with Gasteiger partial charge in [-0.05, 0) is 60.2 Å². The van der Waals surface area contributed by atoms with Gasteiger partial charge < -0.3 is 16.0 Å². The maximum atomic E-state index is 12.9. The smallest absolute Gasteiger partial charge is 0.253 e. The van der Waals surface area contributed by atoms with Gasteiger partial charge in [-0.25, -0.2) is 0 Å². The van der Waals surface area contributed by atoms with Crippen molar-refractivity contribution in [1.82, 2.24) is 10.6 Å². The molecule has 0 spiro atoms. The molecule has 3 rings (SSSR count). The fourth-order valence-electron chi connectivity index (χ4n) is 2.92. The number of ketones is 1. The van der Waals surface area contributed by atoms with Crippen LogP contribution in [-0.4, -0.2) is 26.8 Å². The molecule has 3 aromatic rings. The number of halogens is 3. The van der Waals surface area contributed by atoms with E-state index in [4.69, 9.17) is 47.0 Å². The van der Waals surface area contributed by atoms with Gasteiger partial charge in [-0.3, -0.25) is 9.59 Å². The molecule has 0 aliphatic heterocycles. The molecule has 0 aliphatic carbocycles. The predicted molar refractivity (Wildman–Crippen MR) is 131 cm³/mol. The molecule has 0 aromatic heterocycles. The zero-order chi connectivity index (χ0) is 22.6. The van der Waals surface area contributed by atoms with Crippen molar-refractivity contribution in [2.24, 2.45) is 0 Å². The molecule has 1 amide bonds. The van der Waals surface area contributed by atoms with Crippen LogP contribution in [0.1, 0.15) is 27.6 Å². The highest BCUT2D eigenvalue weighted by atomic mass is 35.6. The molecule has 0 saturated carbocycles. The fraction of sp³-hybridized carbons (Fsp3) is 0.136. The van der Waals surface area contributed by atoms with Crippen LogP contribution >= 0.6 is 47.0 Å². The molecule has 31 heavy (non-hydrogen) atoms. The van der Waals surface area contributed by atoms with E-state index >= 15 is 0 Å². The quantitative estimate of drug-likeness (QED) is 0.190. The average molecular weight is 495 g/mol. The largest absolute Gasteiger partial charge is 0.339 e. The number of anilines is 1. The molecule has 0 heterocycles. The minimum absolute atomic E-state index is 0.0420. The molecule has 160 valence electrons. The Morgan fingerprint density at radius 2 is 1.55 bits per heavy atom. The lowest BCUT2D eigenvalue weighted by atomic mass is 10.0. The van der Waals surface area contributed by atoms with E-state index in [1.165, 1.54) is 6.92 Å². The molecule has 1 unspecified atom stereocenters. The molecule has 0 aliphatic rings. The SMILES string of the molecule is CC(=O)c1ccc(NC(=S)NC(NC(=O)c2cccc3ccccc23)C(Cl)(Cl)Cl)cc1. The molecule has 3 N–H and O–H groups in total. The van der Waals surface area contributed by atoms with E-state index in [-0.39, 0.29) is 10.9 Å². The van der Waals surface area contributed by atoms with Crippen LogP contribution < -0.4 is 16.0 Å². The zero-order valence-electron chi connectivity index (χ0n) is 16.3. The third-order valence-corrected chi connectivity index (χ3v) is 5.34. The summed E-state index contributed by atoms with van der Waals surface area (Å²) in [7, 11) is 0. The standard InChI is InChI=1S/C22H18Cl3N3O2S/c1-13(29)14-9-11-16(12-10-14)26-21(31)28-20(22(23,24)25)27-19(30)18-8-4-6-15-5-2-3-7-17(15)18/h2-12,20H,1H3,(H,27,30)(H2,26,28,31). The van der Waals surface area contributed by atoms with Crippen molar-refractivity contribution in [2.75, 3.05) is 5.32 Å². The summed E-state index contributed by atoms with van der Waals surface area (Å²) in [6, 6.07) is 19.6. The second-order valence-corrected chi connectivity index (χ2v) is 9.48. The summed E-state index contributed by atoms with van der Waals surface area (Å²) in [5, 5.41) is 10.3. The molecule has 3 aromatic carbocycles. The van der Waals surface area contributed by atoms with Crippen LogP contribution in [0.15, 0.2) is 66.7 Å². The van der Waals surface area contributed by atoms with Crippen LogP contribution in [0.4, 0.5) is 5.69 Å². The highest BCUT2D eigenvalue weighted by Gasteiger charge is 2.35. The second-order valence-electron chi connectivity index (χ2n) is 6.71. The Morgan fingerprint density at radius 1 is 0.903 bits per heavy atom. The lowest BCUT2D eigenvalue weighted by Crippen LogP contribution is -2.56. The minimum Gasteiger partial charge on any atom is -0.339 e. The summed E-state index contributed by atoms with van der Waals surface area (Å²) in [5.74, 6) is -0.464. The zero-order valence-corrected chi connectivity index (χ0v) is 19.4. The number of nitrogens with one attached hydrogen (secondary N) is 3. The van der Waals surface area contributed by atoms with Gasteiger partial charge in [0.05, 0.1) is 0 Å². The first-order chi connectivity index (χ1) is 14.6. The Morgan fingerprint density at radius 3 is 2.19 bits per heavy atom. The summed E-state index contributed by atoms with van der Waals surface area (Å²) in [6.07, 6.45) is -1.11. The van der Waals surface area contributed by atoms with Crippen molar-refractivity contribution in [3.63, 3.8) is 0 Å². The van der Waals surface area contributed by atoms with Gasteiger partial charge in [0, 0.05) is 16.8 Å². The van der Waals surface area contributed by atoms with Gasteiger partial charge in [-0.1, -0.05) is 71.2 Å². The normalized spacial score (nSPS) is 12.1. The number of hydrogen-bond donors (Lipinski definition) is 3. The Balaban J connectivity index is 1.73. The van der Waals surface area contributed by atoms with Crippen molar-refractivity contribution in [3.05, 3.63) is 77.9 Å². The summed E-state index contributed by atoms with van der Waals surface area (Å²) in [6.45, 7) is 1.48. The molecule has 9 heteroatoms. The number of hydrogen-bond acceptors (Lipinski definition) is 3. The van der Waals surface area contributed by atoms with Crippen LogP contribution in [-0.2, 0) is 0 Å². The first kappa shape index (κ1) is 23.3. The Bertz CT molecular complexity index is 1130. The highest BCUT2D eigenvalue weighted by Crippen LogP contribution is 2.30. The van der Waals surface area contributed by atoms with E-state index in [1.807, 2.05) is 30.3 Å². The maximum Gasteiger partial charge on any atom is 0.253 e. The molecule has 0 saturated heterocycles. The van der Waals surface area contributed by atoms with Crippen LogP contribution in [0, 0.1) is 0 Å². The Hall–Kier alpha value is -2.38. The first-order valence-electron chi connectivity index (χ1n) is 9.19. The number of carbonyl (C=O) groups is 2. The van der Waals surface area contributed by atoms with Crippen molar-refractivity contribution in [2.45, 2.75) is 16.9 Å². The Labute approximate surface area is 200 Å². The number of fused-ring (bicyclic) bond motifs is 1. The monoisotopic (exact) mass is 493 g/mol. The molecular formula is C22H18Cl3N3O2S. The average Bonchev–Trinajstić information content (AvgIpc) is 2.72. The molecule has 0 bridgehead atoms. The van der Waals surface area contributed by atoms with Gasteiger partial charge in [-0.15, -0.1) is 0 Å². The number of carbonyl (C=O) groups excluding carboxylic acids is 2. The van der Waals surface area contributed by atoms with E-state index in [9.17, 15) is 9.59 Å². The summed E-state index contributed by atoms with van der Waals surface area (Å²) >= 11 is 23.5. The third kappa shape index (κ3) is 6.08. The molecule has 1 atom stereocenters. The van der Waals surface area contributed by atoms with Gasteiger partial charge in [0.1, 0.15) is 6.17 Å². The molecule has 0 fully saturated rings. The van der Waals surface area contributed by atoms with E-state index in [0.717, 1.165) is 10.8 Å². The summed E-state index contributed by atoms with van der Waals surface area (Å²) < 4.78 is -1.88. The fourth-order valence-corrected chi connectivity index (χ4v) is 3.48. The number of Topliss-reactive ketones (excluding diaryl/α,β-unsaturated/α-hetero) is 1. The van der Waals surface area contributed by atoms with Crippen molar-refractivity contribution in [3.8, 4) is 0 Å². The van der Waals surface area contributed by atoms with Gasteiger partial charge in [0.25, 0.3) is 5.91 Å². The van der Waals surface area contributed by atoms with Crippen LogP contribution in [0.3, 0.4) is 0 Å². The van der Waals surface area contributed by atoms with Crippen LogP contribution in [0.5, 0.6) is 0 Å². The molecule has 0 radical (unpaired) electrons. The topological polar surface area (TPSA) is 70.2 Å². The van der Waals surface area contributed by atoms with Crippen molar-refractivity contribution in [1.29, 1.82) is 0 Å². The van der Waals surface area contributed by atoms with Crippen LogP contribution in [0.2, 0.25) is 0 Å². The number of alkyl halides is 3. The maximum absolute atomic E-state index is 12.9. The van der Waals surface area contributed by atoms with Gasteiger partial charge in [0.2, 0.25) is 3.79 Å². The van der Waals surface area contributed by atoms with E-state index in [2.05, 4.69) is 16.0 Å². The van der Waals surface area contributed by atoms with E-state index in [0.29, 0.717) is 16.8 Å². The molecular weight excluding hydrogens is 477 g/mol. The van der Waals surface area contributed by atoms with E-state index < -0.39 is 15.9 Å². The predicted octanol–water partition coefficient (Wildman–Crippen LogP) is 5.46. The number of benzene rings is 3. The third-order valence-electron chi connectivity index (χ3n) is 4.46. The Kier molecular flexibility index (Phi) is 7.38. The lowest BCUT2D eigenvalue weighted by Gasteiger charge is -2.28. The number of thiocarbonyl (C=S) groups is 1. The van der Waals surface area contributed by atoms with Crippen molar-refractivity contribution < 1.29 is 9.59 Å². The summed E-state index contributed by atoms with van der Waals surface area (Å²) in [5.41, 5.74) is 1.65. The van der Waals surface area contributed by atoms with Gasteiger partial charge >= 0.3 is 0 Å². The lowest BCUT2D eigenvalue weighted by molar-refractivity contribution is 0.0935. The first-order valence-corrected chi connectivity index (χ1v) is 10.7.